The standard InChI is InChI=1S/C19H26ClN3O2/c20-17-4-1-15(2-5-17)13-19(25)23-11-9-22(10-12-23)18(24)6-3-16-7-8-21-14-16/h1-2,4-5,16,21H,3,6-14H2. The van der Waals surface area contributed by atoms with Crippen molar-refractivity contribution in [1.29, 1.82) is 0 Å². The molecule has 3 rings (SSSR count). The Bertz CT molecular complexity index is 591. The van der Waals surface area contributed by atoms with Crippen LogP contribution in [0.3, 0.4) is 0 Å². The number of carbonyl (C=O) groups excluding carboxylic acids is 2. The summed E-state index contributed by atoms with van der Waals surface area (Å²) in [6.45, 7) is 4.67. The molecule has 1 aromatic rings. The van der Waals surface area contributed by atoms with Crippen LogP contribution in [-0.4, -0.2) is 60.9 Å². The Morgan fingerprint density at radius 3 is 2.28 bits per heavy atom. The van der Waals surface area contributed by atoms with Crippen LogP contribution >= 0.6 is 11.6 Å². The molecule has 1 atom stereocenters. The summed E-state index contributed by atoms with van der Waals surface area (Å²) in [4.78, 5) is 28.5. The molecule has 2 amide bonds. The minimum absolute atomic E-state index is 0.117. The van der Waals surface area contributed by atoms with E-state index in [-0.39, 0.29) is 11.8 Å². The largest absolute Gasteiger partial charge is 0.339 e. The van der Waals surface area contributed by atoms with Gasteiger partial charge in [-0.15, -0.1) is 0 Å². The molecular weight excluding hydrogens is 338 g/mol. The van der Waals surface area contributed by atoms with E-state index in [9.17, 15) is 9.59 Å². The Kier molecular flexibility index (Phi) is 6.32. The summed E-state index contributed by atoms with van der Waals surface area (Å²) in [5.74, 6) is 0.995. The second-order valence-corrected chi connectivity index (χ2v) is 7.40. The molecular formula is C19H26ClN3O2. The van der Waals surface area contributed by atoms with Crippen LogP contribution in [0.5, 0.6) is 0 Å². The van der Waals surface area contributed by atoms with Crippen molar-refractivity contribution < 1.29 is 9.59 Å². The van der Waals surface area contributed by atoms with Crippen LogP contribution in [0.2, 0.25) is 5.02 Å². The maximum Gasteiger partial charge on any atom is 0.227 e. The van der Waals surface area contributed by atoms with Crippen molar-refractivity contribution in [2.24, 2.45) is 5.92 Å². The van der Waals surface area contributed by atoms with E-state index in [0.29, 0.717) is 50.0 Å². The van der Waals surface area contributed by atoms with Gasteiger partial charge in [0.15, 0.2) is 0 Å². The average molecular weight is 364 g/mol. The van der Waals surface area contributed by atoms with Gasteiger partial charge in [-0.25, -0.2) is 0 Å². The third kappa shape index (κ3) is 5.19. The summed E-state index contributed by atoms with van der Waals surface area (Å²) in [6.07, 6.45) is 3.17. The maximum atomic E-state index is 12.4. The SMILES string of the molecule is O=C(CCC1CCNC1)N1CCN(C(=O)Cc2ccc(Cl)cc2)CC1. The fourth-order valence-electron chi connectivity index (χ4n) is 3.54. The molecule has 2 fully saturated rings. The lowest BCUT2D eigenvalue weighted by molar-refractivity contribution is -0.139. The van der Waals surface area contributed by atoms with E-state index >= 15 is 0 Å². The molecule has 0 radical (unpaired) electrons. The molecule has 0 aliphatic carbocycles. The van der Waals surface area contributed by atoms with Crippen LogP contribution in [0.1, 0.15) is 24.8 Å². The highest BCUT2D eigenvalue weighted by molar-refractivity contribution is 6.30. The van der Waals surface area contributed by atoms with Crippen molar-refractivity contribution in [1.82, 2.24) is 15.1 Å². The Labute approximate surface area is 154 Å². The van der Waals surface area contributed by atoms with E-state index < -0.39 is 0 Å². The first kappa shape index (κ1) is 18.2. The maximum absolute atomic E-state index is 12.4. The van der Waals surface area contributed by atoms with E-state index in [0.717, 1.165) is 25.1 Å². The Morgan fingerprint density at radius 1 is 1.04 bits per heavy atom. The molecule has 2 aliphatic rings. The number of benzene rings is 1. The van der Waals surface area contributed by atoms with Gasteiger partial charge in [-0.2, -0.15) is 0 Å². The third-order valence-electron chi connectivity index (χ3n) is 5.18. The van der Waals surface area contributed by atoms with E-state index in [2.05, 4.69) is 5.32 Å². The third-order valence-corrected chi connectivity index (χ3v) is 5.43. The summed E-state index contributed by atoms with van der Waals surface area (Å²) < 4.78 is 0. The number of amides is 2. The lowest BCUT2D eigenvalue weighted by atomic mass is 10.0. The first-order valence-electron chi connectivity index (χ1n) is 9.12. The molecule has 1 unspecified atom stereocenters. The number of hydrogen-bond donors (Lipinski definition) is 1. The van der Waals surface area contributed by atoms with Crippen molar-refractivity contribution in [3.8, 4) is 0 Å². The smallest absolute Gasteiger partial charge is 0.227 e. The highest BCUT2D eigenvalue weighted by atomic mass is 35.5. The van der Waals surface area contributed by atoms with Gasteiger partial charge < -0.3 is 15.1 Å². The molecule has 2 saturated heterocycles. The summed E-state index contributed by atoms with van der Waals surface area (Å²) in [6, 6.07) is 7.39. The van der Waals surface area contributed by atoms with Crippen LogP contribution in [0.15, 0.2) is 24.3 Å². The molecule has 0 bridgehead atoms. The number of nitrogens with zero attached hydrogens (tertiary/aromatic N) is 2. The molecule has 0 saturated carbocycles. The van der Waals surface area contributed by atoms with Crippen LogP contribution in [0.25, 0.3) is 0 Å². The Morgan fingerprint density at radius 2 is 1.68 bits per heavy atom. The van der Waals surface area contributed by atoms with Gasteiger partial charge in [0.2, 0.25) is 11.8 Å². The van der Waals surface area contributed by atoms with Gasteiger partial charge in [0.25, 0.3) is 0 Å². The topological polar surface area (TPSA) is 52.7 Å². The van der Waals surface area contributed by atoms with Crippen LogP contribution in [0.4, 0.5) is 0 Å². The van der Waals surface area contributed by atoms with Crippen LogP contribution in [-0.2, 0) is 16.0 Å². The lowest BCUT2D eigenvalue weighted by Gasteiger charge is -2.35. The van der Waals surface area contributed by atoms with Gasteiger partial charge in [0.05, 0.1) is 6.42 Å². The van der Waals surface area contributed by atoms with Gasteiger partial charge >= 0.3 is 0 Å². The molecule has 2 aliphatic heterocycles. The average Bonchev–Trinajstić information content (AvgIpc) is 3.15. The lowest BCUT2D eigenvalue weighted by Crippen LogP contribution is -2.51. The van der Waals surface area contributed by atoms with Crippen molar-refractivity contribution in [3.63, 3.8) is 0 Å². The number of rotatable bonds is 5. The van der Waals surface area contributed by atoms with E-state index in [1.807, 2.05) is 21.9 Å². The van der Waals surface area contributed by atoms with Gasteiger partial charge in [0, 0.05) is 37.6 Å². The summed E-state index contributed by atoms with van der Waals surface area (Å²) in [5.41, 5.74) is 0.970. The van der Waals surface area contributed by atoms with Gasteiger partial charge in [-0.05, 0) is 49.5 Å². The minimum atomic E-state index is 0.117. The van der Waals surface area contributed by atoms with Crippen molar-refractivity contribution in [3.05, 3.63) is 34.9 Å². The van der Waals surface area contributed by atoms with Crippen molar-refractivity contribution in [2.45, 2.75) is 25.7 Å². The second-order valence-electron chi connectivity index (χ2n) is 6.96. The van der Waals surface area contributed by atoms with Gasteiger partial charge in [-0.3, -0.25) is 9.59 Å². The molecule has 1 N–H and O–H groups in total. The normalized spacial score (nSPS) is 20.8. The first-order chi connectivity index (χ1) is 12.1. The monoisotopic (exact) mass is 363 g/mol. The highest BCUT2D eigenvalue weighted by Gasteiger charge is 2.25. The minimum Gasteiger partial charge on any atom is -0.339 e. The van der Waals surface area contributed by atoms with Crippen LogP contribution in [0, 0.1) is 5.92 Å². The number of nitrogens with one attached hydrogen (secondary N) is 1. The molecule has 1 aromatic carbocycles. The first-order valence-corrected chi connectivity index (χ1v) is 9.50. The Hall–Kier alpha value is -1.59. The second kappa shape index (κ2) is 8.68. The number of piperazine rings is 1. The summed E-state index contributed by atoms with van der Waals surface area (Å²) >= 11 is 5.87. The summed E-state index contributed by atoms with van der Waals surface area (Å²) in [5, 5.41) is 4.02. The predicted molar refractivity (Wildman–Crippen MR) is 98.5 cm³/mol. The molecule has 6 heteroatoms. The Balaban J connectivity index is 1.40. The molecule has 5 nitrogen and oxygen atoms in total. The van der Waals surface area contributed by atoms with E-state index in [4.69, 9.17) is 11.6 Å². The highest BCUT2D eigenvalue weighted by Crippen LogP contribution is 2.16. The van der Waals surface area contributed by atoms with E-state index in [1.54, 1.807) is 12.1 Å². The zero-order chi connectivity index (χ0) is 17.6. The fraction of sp³-hybridized carbons (Fsp3) is 0.579. The molecule has 2 heterocycles. The molecule has 0 spiro atoms. The quantitative estimate of drug-likeness (QED) is 0.869. The predicted octanol–water partition coefficient (Wildman–Crippen LogP) is 1.94. The van der Waals surface area contributed by atoms with E-state index in [1.165, 1.54) is 6.42 Å². The molecule has 25 heavy (non-hydrogen) atoms. The molecule has 0 aromatic heterocycles. The van der Waals surface area contributed by atoms with Crippen molar-refractivity contribution in [2.75, 3.05) is 39.3 Å². The zero-order valence-corrected chi connectivity index (χ0v) is 15.3. The fourth-order valence-corrected chi connectivity index (χ4v) is 3.67. The van der Waals surface area contributed by atoms with Gasteiger partial charge in [-0.1, -0.05) is 23.7 Å². The number of hydrogen-bond acceptors (Lipinski definition) is 3. The van der Waals surface area contributed by atoms with Gasteiger partial charge in [0.1, 0.15) is 0 Å². The van der Waals surface area contributed by atoms with Crippen molar-refractivity contribution >= 4 is 23.4 Å². The zero-order valence-electron chi connectivity index (χ0n) is 14.5. The van der Waals surface area contributed by atoms with Crippen LogP contribution < -0.4 is 5.32 Å². The number of halogens is 1. The molecule has 136 valence electrons. The summed E-state index contributed by atoms with van der Waals surface area (Å²) in [7, 11) is 0. The number of carbonyl (C=O) groups is 2.